The molecule has 4 rings (SSSR count). The maximum atomic E-state index is 12.3. The molecule has 0 aromatic heterocycles. The number of carbonyl (C=O) groups is 2. The second kappa shape index (κ2) is 6.36. The van der Waals surface area contributed by atoms with E-state index >= 15 is 0 Å². The van der Waals surface area contributed by atoms with E-state index in [-0.39, 0.29) is 25.6 Å². The van der Waals surface area contributed by atoms with Crippen molar-refractivity contribution in [1.82, 2.24) is 4.90 Å². The first-order chi connectivity index (χ1) is 12.6. The highest BCUT2D eigenvalue weighted by Crippen LogP contribution is 2.44. The van der Waals surface area contributed by atoms with E-state index in [4.69, 9.17) is 4.74 Å². The van der Waals surface area contributed by atoms with E-state index in [2.05, 4.69) is 24.3 Å². The summed E-state index contributed by atoms with van der Waals surface area (Å²) in [7, 11) is 0. The van der Waals surface area contributed by atoms with Crippen molar-refractivity contribution in [2.45, 2.75) is 10.7 Å². The molecule has 1 heterocycles. The van der Waals surface area contributed by atoms with Gasteiger partial charge in [0.05, 0.1) is 13.1 Å². The summed E-state index contributed by atoms with van der Waals surface area (Å²) in [6.45, 7) is 0.614. The van der Waals surface area contributed by atoms with Gasteiger partial charge in [-0.1, -0.05) is 48.5 Å². The van der Waals surface area contributed by atoms with Crippen molar-refractivity contribution in [3.05, 3.63) is 59.7 Å². The number of rotatable bonds is 4. The predicted molar refractivity (Wildman–Crippen MR) is 101 cm³/mol. The third kappa shape index (κ3) is 2.56. The van der Waals surface area contributed by atoms with Gasteiger partial charge in [-0.3, -0.25) is 4.79 Å². The van der Waals surface area contributed by atoms with Crippen LogP contribution in [0.2, 0.25) is 0 Å². The molecule has 1 aliphatic carbocycles. The minimum Gasteiger partial charge on any atom is -0.480 e. The van der Waals surface area contributed by atoms with Gasteiger partial charge in [0.2, 0.25) is 0 Å². The highest BCUT2D eigenvalue weighted by atomic mass is 32.2. The molecule has 0 atom stereocenters. The van der Waals surface area contributed by atoms with Crippen LogP contribution in [0, 0.1) is 0 Å². The number of thioether (sulfide) groups is 1. The fraction of sp³-hybridized carbons (Fsp3) is 0.300. The van der Waals surface area contributed by atoms with Gasteiger partial charge in [0.25, 0.3) is 0 Å². The molecule has 1 fully saturated rings. The van der Waals surface area contributed by atoms with E-state index in [0.717, 1.165) is 11.1 Å². The Labute approximate surface area is 156 Å². The topological polar surface area (TPSA) is 66.8 Å². The molecule has 6 heteroatoms. The molecule has 2 aromatic carbocycles. The largest absolute Gasteiger partial charge is 0.480 e. The Balaban J connectivity index is 1.46. The molecule has 1 saturated heterocycles. The Bertz CT molecular complexity index is 830. The Morgan fingerprint density at radius 2 is 1.65 bits per heavy atom. The number of fused-ring (bicyclic) bond motifs is 3. The third-order valence-corrected chi connectivity index (χ3v) is 6.48. The number of amides is 1. The molecule has 1 amide bonds. The van der Waals surface area contributed by atoms with Crippen LogP contribution in [-0.2, 0) is 9.53 Å². The predicted octanol–water partition coefficient (Wildman–Crippen LogP) is 3.44. The van der Waals surface area contributed by atoms with Crippen LogP contribution in [-0.4, -0.2) is 52.8 Å². The van der Waals surface area contributed by atoms with Gasteiger partial charge in [0, 0.05) is 5.92 Å². The molecule has 0 saturated carbocycles. The number of carboxylic acid groups (broad SMARTS) is 1. The lowest BCUT2D eigenvalue weighted by Gasteiger charge is -2.45. The zero-order valence-corrected chi connectivity index (χ0v) is 15.2. The summed E-state index contributed by atoms with van der Waals surface area (Å²) in [6, 6.07) is 16.3. The number of hydrogen-bond acceptors (Lipinski definition) is 4. The van der Waals surface area contributed by atoms with E-state index in [1.807, 2.05) is 24.3 Å². The number of likely N-dealkylation sites (tertiary alicyclic amines) is 1. The lowest BCUT2D eigenvalue weighted by Crippen LogP contribution is -2.65. The maximum Gasteiger partial charge on any atom is 0.409 e. The molecule has 5 nitrogen and oxygen atoms in total. The Morgan fingerprint density at radius 1 is 1.12 bits per heavy atom. The number of nitrogens with zero attached hydrogens (tertiary/aromatic N) is 1. The van der Waals surface area contributed by atoms with E-state index < -0.39 is 16.8 Å². The quantitative estimate of drug-likeness (QED) is 0.894. The van der Waals surface area contributed by atoms with Crippen molar-refractivity contribution < 1.29 is 19.4 Å². The summed E-state index contributed by atoms with van der Waals surface area (Å²) in [5, 5.41) is 9.30. The second-order valence-corrected chi connectivity index (χ2v) is 7.85. The van der Waals surface area contributed by atoms with Gasteiger partial charge in [-0.2, -0.15) is 0 Å². The van der Waals surface area contributed by atoms with Crippen LogP contribution >= 0.6 is 11.8 Å². The van der Waals surface area contributed by atoms with Crippen LogP contribution in [0.25, 0.3) is 11.1 Å². The van der Waals surface area contributed by atoms with Crippen molar-refractivity contribution in [2.75, 3.05) is 26.0 Å². The minimum atomic E-state index is -0.897. The molecule has 26 heavy (non-hydrogen) atoms. The summed E-state index contributed by atoms with van der Waals surface area (Å²) in [6.07, 6.45) is 1.31. The van der Waals surface area contributed by atoms with Crippen molar-refractivity contribution in [2.24, 2.45) is 0 Å². The van der Waals surface area contributed by atoms with Crippen LogP contribution in [0.5, 0.6) is 0 Å². The number of carboxylic acids is 1. The molecule has 2 aromatic rings. The molecule has 0 spiro atoms. The summed E-state index contributed by atoms with van der Waals surface area (Å²) in [5.74, 6) is -0.870. The molecule has 0 unspecified atom stereocenters. The molecule has 0 bridgehead atoms. The van der Waals surface area contributed by atoms with E-state index in [9.17, 15) is 14.7 Å². The van der Waals surface area contributed by atoms with Crippen LogP contribution in [0.4, 0.5) is 4.79 Å². The van der Waals surface area contributed by atoms with Gasteiger partial charge < -0.3 is 14.7 Å². The van der Waals surface area contributed by atoms with Crippen LogP contribution in [0.3, 0.4) is 0 Å². The Hall–Kier alpha value is -2.47. The number of carbonyl (C=O) groups excluding carboxylic acids is 1. The van der Waals surface area contributed by atoms with Crippen molar-refractivity contribution in [3.8, 4) is 11.1 Å². The molecular weight excluding hydrogens is 350 g/mol. The third-order valence-electron chi connectivity index (χ3n) is 5.27. The van der Waals surface area contributed by atoms with E-state index in [1.54, 1.807) is 6.26 Å². The normalized spacial score (nSPS) is 17.2. The molecule has 2 aliphatic rings. The average Bonchev–Trinajstić information content (AvgIpc) is 2.93. The van der Waals surface area contributed by atoms with Crippen molar-refractivity contribution >= 4 is 23.8 Å². The standard InChI is InChI=1S/C20H19NO4S/c1-26-20(18(22)23)11-21(12-20)19(24)25-10-17-15-8-4-2-6-13(15)14-7-3-5-9-16(14)17/h2-9,17H,10-12H2,1H3,(H,22,23). The number of benzene rings is 2. The van der Waals surface area contributed by atoms with Gasteiger partial charge in [-0.05, 0) is 28.5 Å². The highest BCUT2D eigenvalue weighted by Gasteiger charge is 2.51. The zero-order valence-electron chi connectivity index (χ0n) is 14.3. The fourth-order valence-electron chi connectivity index (χ4n) is 3.74. The van der Waals surface area contributed by atoms with E-state index in [0.29, 0.717) is 0 Å². The van der Waals surface area contributed by atoms with Gasteiger partial charge in [0.1, 0.15) is 11.4 Å². The van der Waals surface area contributed by atoms with Gasteiger partial charge in [-0.25, -0.2) is 4.79 Å². The first-order valence-electron chi connectivity index (χ1n) is 8.44. The summed E-state index contributed by atoms with van der Waals surface area (Å²) < 4.78 is 4.65. The van der Waals surface area contributed by atoms with Crippen molar-refractivity contribution in [1.29, 1.82) is 0 Å². The molecule has 1 N–H and O–H groups in total. The fourth-order valence-corrected chi connectivity index (χ4v) is 4.48. The second-order valence-electron chi connectivity index (χ2n) is 6.66. The van der Waals surface area contributed by atoms with E-state index in [1.165, 1.54) is 27.8 Å². The molecule has 1 aliphatic heterocycles. The monoisotopic (exact) mass is 369 g/mol. The number of aliphatic carboxylic acids is 1. The number of ether oxygens (including phenoxy) is 1. The molecule has 134 valence electrons. The van der Waals surface area contributed by atoms with Crippen LogP contribution in [0.1, 0.15) is 17.0 Å². The van der Waals surface area contributed by atoms with Gasteiger partial charge >= 0.3 is 12.1 Å². The number of hydrogen-bond donors (Lipinski definition) is 1. The molecule has 0 radical (unpaired) electrons. The summed E-state index contributed by atoms with van der Waals surface area (Å²) in [4.78, 5) is 25.1. The zero-order chi connectivity index (χ0) is 18.3. The minimum absolute atomic E-state index is 0.0115. The smallest absolute Gasteiger partial charge is 0.409 e. The van der Waals surface area contributed by atoms with Crippen LogP contribution < -0.4 is 0 Å². The first kappa shape index (κ1) is 17.0. The van der Waals surface area contributed by atoms with Crippen LogP contribution in [0.15, 0.2) is 48.5 Å². The van der Waals surface area contributed by atoms with Gasteiger partial charge in [-0.15, -0.1) is 11.8 Å². The maximum absolute atomic E-state index is 12.3. The SMILES string of the molecule is CSC1(C(=O)O)CN(C(=O)OCC2c3ccccc3-c3ccccc32)C1. The Morgan fingerprint density at radius 3 is 2.15 bits per heavy atom. The molecular formula is C20H19NO4S. The van der Waals surface area contributed by atoms with Crippen molar-refractivity contribution in [3.63, 3.8) is 0 Å². The summed E-state index contributed by atoms with van der Waals surface area (Å²) in [5.41, 5.74) is 4.68. The lowest BCUT2D eigenvalue weighted by molar-refractivity contribution is -0.143. The lowest BCUT2D eigenvalue weighted by atomic mass is 9.98. The highest BCUT2D eigenvalue weighted by molar-refractivity contribution is 8.00. The average molecular weight is 369 g/mol. The van der Waals surface area contributed by atoms with Gasteiger partial charge in [0.15, 0.2) is 0 Å². The Kier molecular flexibility index (Phi) is 4.15. The first-order valence-corrected chi connectivity index (χ1v) is 9.67. The summed E-state index contributed by atoms with van der Waals surface area (Å²) >= 11 is 1.26.